The van der Waals surface area contributed by atoms with Crippen molar-refractivity contribution < 1.29 is 9.59 Å². The van der Waals surface area contributed by atoms with Crippen LogP contribution in [0.15, 0.2) is 107 Å². The molecule has 0 saturated carbocycles. The first-order chi connectivity index (χ1) is 24.4. The molecule has 0 atom stereocenters. The fourth-order valence-corrected chi connectivity index (χ4v) is 9.00. The van der Waals surface area contributed by atoms with Gasteiger partial charge >= 0.3 is 0 Å². The molecule has 232 valence electrons. The Morgan fingerprint density at radius 2 is 1.00 bits per heavy atom. The number of rotatable bonds is 3. The fourth-order valence-electron chi connectivity index (χ4n) is 6.68. The molecule has 0 saturated heterocycles. The largest absolute Gasteiger partial charge is 0.307 e. The summed E-state index contributed by atoms with van der Waals surface area (Å²) in [6.45, 7) is 2.02. The summed E-state index contributed by atoms with van der Waals surface area (Å²) >= 11 is 2.98. The highest BCUT2D eigenvalue weighted by molar-refractivity contribution is 7.28. The maximum absolute atomic E-state index is 13.6. The van der Waals surface area contributed by atoms with Crippen LogP contribution in [-0.4, -0.2) is 16.1 Å². The van der Waals surface area contributed by atoms with E-state index in [1.54, 1.807) is 60.7 Å². The van der Waals surface area contributed by atoms with Crippen LogP contribution < -0.4 is 0 Å². The van der Waals surface area contributed by atoms with Gasteiger partial charge in [0.15, 0.2) is 11.6 Å². The number of hydrogen-bond acceptors (Lipinski definition) is 8. The normalized spacial score (nSPS) is 14.9. The summed E-state index contributed by atoms with van der Waals surface area (Å²) in [4.78, 5) is 28.8. The van der Waals surface area contributed by atoms with E-state index >= 15 is 0 Å². The quantitative estimate of drug-likeness (QED) is 0.135. The molecule has 0 aliphatic heterocycles. The third-order valence-corrected chi connectivity index (χ3v) is 11.2. The monoisotopic (exact) mass is 677 g/mol. The minimum atomic E-state index is -0.242. The van der Waals surface area contributed by atoms with Gasteiger partial charge in [-0.15, -0.1) is 22.7 Å². The van der Waals surface area contributed by atoms with Gasteiger partial charge in [-0.25, -0.2) is 0 Å². The number of carbonyl (C=O) groups excluding carboxylic acids is 2. The summed E-state index contributed by atoms with van der Waals surface area (Å²) in [7, 11) is 0. The Hall–Kier alpha value is -6.88. The summed E-state index contributed by atoms with van der Waals surface area (Å²) in [5.41, 5.74) is 6.94. The number of carbonyl (C=O) groups is 2. The zero-order valence-corrected chi connectivity index (χ0v) is 27.7. The number of Topliss-reactive ketones (excluding diaryl/α,β-unsaturated/α-hetero) is 2. The second-order valence-corrected chi connectivity index (χ2v) is 13.9. The van der Waals surface area contributed by atoms with Crippen LogP contribution in [0, 0.1) is 52.2 Å². The van der Waals surface area contributed by atoms with E-state index in [0.717, 1.165) is 41.4 Å². The smallest absolute Gasteiger partial charge is 0.194 e. The number of hydrogen-bond donors (Lipinski definition) is 0. The van der Waals surface area contributed by atoms with Crippen molar-refractivity contribution in [1.29, 1.82) is 21.0 Å². The molecular formula is C41H19N5O2S2. The molecule has 0 unspecified atom stereocenters. The zero-order chi connectivity index (χ0) is 34.7. The fraction of sp³-hybridized carbons (Fsp3) is 0.0244. The van der Waals surface area contributed by atoms with Crippen LogP contribution in [0.2, 0.25) is 0 Å². The van der Waals surface area contributed by atoms with Crippen molar-refractivity contribution in [3.05, 3.63) is 145 Å². The van der Waals surface area contributed by atoms with E-state index in [1.165, 1.54) is 22.7 Å². The van der Waals surface area contributed by atoms with Gasteiger partial charge in [-0.1, -0.05) is 66.2 Å². The second kappa shape index (κ2) is 11.7. The van der Waals surface area contributed by atoms with Gasteiger partial charge in [-0.05, 0) is 54.5 Å². The highest BCUT2D eigenvalue weighted by atomic mass is 32.1. The lowest BCUT2D eigenvalue weighted by molar-refractivity contribution is 0.103. The number of aryl methyl sites for hydroxylation is 1. The van der Waals surface area contributed by atoms with Gasteiger partial charge < -0.3 is 4.57 Å². The van der Waals surface area contributed by atoms with Gasteiger partial charge in [0.05, 0.1) is 20.4 Å². The lowest BCUT2D eigenvalue weighted by Crippen LogP contribution is -1.95. The van der Waals surface area contributed by atoms with Crippen molar-refractivity contribution in [2.45, 2.75) is 6.92 Å². The number of nitrogens with zero attached hydrogens (tertiary/aromatic N) is 5. The maximum Gasteiger partial charge on any atom is 0.194 e. The van der Waals surface area contributed by atoms with Crippen LogP contribution in [0.1, 0.15) is 47.2 Å². The number of ketones is 2. The SMILES string of the molecule is Cc1ccc(-n2c3cc(/C=C4\C(=O)c5ccccc5C4=C(C#N)C#N)sc3c3sc(/C=C4\C(=O)c5ccccc5C4=C(C#N)C#N)cc32)cc1. The average Bonchev–Trinajstić information content (AvgIpc) is 3.92. The van der Waals surface area contributed by atoms with Crippen LogP contribution in [-0.2, 0) is 0 Å². The average molecular weight is 678 g/mol. The van der Waals surface area contributed by atoms with Gasteiger partial charge in [0, 0.05) is 48.9 Å². The number of aromatic nitrogens is 1. The van der Waals surface area contributed by atoms with E-state index in [1.807, 2.05) is 67.6 Å². The lowest BCUT2D eigenvalue weighted by Gasteiger charge is -2.06. The molecule has 0 fully saturated rings. The van der Waals surface area contributed by atoms with Gasteiger partial charge in [-0.2, -0.15) is 21.0 Å². The lowest BCUT2D eigenvalue weighted by atomic mass is 9.99. The Kier molecular flexibility index (Phi) is 7.11. The van der Waals surface area contributed by atoms with Crippen molar-refractivity contribution in [2.24, 2.45) is 0 Å². The van der Waals surface area contributed by atoms with Gasteiger partial charge in [0.25, 0.3) is 0 Å². The number of benzene rings is 3. The first-order valence-electron chi connectivity index (χ1n) is 15.3. The highest BCUT2D eigenvalue weighted by Gasteiger charge is 2.34. The number of fused-ring (bicyclic) bond motifs is 5. The molecule has 0 radical (unpaired) electrons. The maximum atomic E-state index is 13.6. The molecule has 9 heteroatoms. The first kappa shape index (κ1) is 30.5. The molecule has 6 aromatic rings. The zero-order valence-electron chi connectivity index (χ0n) is 26.1. The third kappa shape index (κ3) is 4.51. The molecule has 3 heterocycles. The molecule has 2 aliphatic carbocycles. The van der Waals surface area contributed by atoms with E-state index < -0.39 is 0 Å². The van der Waals surface area contributed by atoms with Gasteiger partial charge in [0.2, 0.25) is 0 Å². The summed E-state index contributed by atoms with van der Waals surface area (Å²) in [6, 6.07) is 34.0. The van der Waals surface area contributed by atoms with Crippen molar-refractivity contribution in [1.82, 2.24) is 4.57 Å². The summed E-state index contributed by atoms with van der Waals surface area (Å²) in [5.74, 6) is -0.484. The van der Waals surface area contributed by atoms with Crippen LogP contribution in [0.5, 0.6) is 0 Å². The van der Waals surface area contributed by atoms with Crippen LogP contribution in [0.25, 0.3) is 49.4 Å². The van der Waals surface area contributed by atoms with E-state index in [2.05, 4.69) is 4.57 Å². The van der Waals surface area contributed by atoms with E-state index in [-0.39, 0.29) is 22.7 Å². The van der Waals surface area contributed by atoms with E-state index in [0.29, 0.717) is 44.5 Å². The molecule has 2 aliphatic rings. The summed E-state index contributed by atoms with van der Waals surface area (Å²) in [5, 5.41) is 39.1. The molecule has 0 spiro atoms. The number of allylic oxidation sites excluding steroid dienone is 6. The molecule has 50 heavy (non-hydrogen) atoms. The van der Waals surface area contributed by atoms with Crippen molar-refractivity contribution >= 4 is 78.0 Å². The molecule has 3 aromatic carbocycles. The Morgan fingerprint density at radius 3 is 1.40 bits per heavy atom. The van der Waals surface area contributed by atoms with Crippen LogP contribution in [0.4, 0.5) is 0 Å². The van der Waals surface area contributed by atoms with Crippen molar-refractivity contribution in [2.75, 3.05) is 0 Å². The predicted molar refractivity (Wildman–Crippen MR) is 195 cm³/mol. The molecular weight excluding hydrogens is 659 g/mol. The number of thiophene rings is 2. The minimum Gasteiger partial charge on any atom is -0.307 e. The molecule has 0 N–H and O–H groups in total. The standard InChI is InChI=1S/C41H19N5O2S2/c1-22-10-12-25(13-11-22)46-34-16-26(14-32-36(23(18-42)19-43)28-6-2-4-8-30(28)38(32)47)49-40(34)41-35(46)17-27(50-41)15-33-37(24(20-44)21-45)29-7-3-5-9-31(29)39(33)48/h2-17H,1H3/b32-14-,33-15-. The van der Waals surface area contributed by atoms with Crippen LogP contribution in [0.3, 0.4) is 0 Å². The Morgan fingerprint density at radius 1 is 0.600 bits per heavy atom. The number of nitriles is 4. The van der Waals surface area contributed by atoms with Gasteiger partial charge in [-0.3, -0.25) is 9.59 Å². The molecule has 8 rings (SSSR count). The molecule has 0 amide bonds. The predicted octanol–water partition coefficient (Wildman–Crippen LogP) is 9.38. The first-order valence-corrected chi connectivity index (χ1v) is 17.0. The van der Waals surface area contributed by atoms with E-state index in [9.17, 15) is 30.6 Å². The summed E-state index contributed by atoms with van der Waals surface area (Å²) < 4.78 is 4.06. The van der Waals surface area contributed by atoms with E-state index in [4.69, 9.17) is 0 Å². The Bertz CT molecular complexity index is 2640. The third-order valence-electron chi connectivity index (χ3n) is 8.87. The summed E-state index contributed by atoms with van der Waals surface area (Å²) in [6.07, 6.45) is 3.52. The van der Waals surface area contributed by atoms with Gasteiger partial charge in [0.1, 0.15) is 35.4 Å². The molecule has 7 nitrogen and oxygen atoms in total. The minimum absolute atomic E-state index is 0.119. The second-order valence-electron chi connectivity index (χ2n) is 11.7. The van der Waals surface area contributed by atoms with Crippen LogP contribution >= 0.6 is 22.7 Å². The van der Waals surface area contributed by atoms with Crippen molar-refractivity contribution in [3.8, 4) is 30.0 Å². The highest BCUT2D eigenvalue weighted by Crippen LogP contribution is 2.46. The Balaban J connectivity index is 1.34. The molecule has 0 bridgehead atoms. The Labute approximate surface area is 293 Å². The molecule has 3 aromatic heterocycles. The topological polar surface area (TPSA) is 134 Å². The van der Waals surface area contributed by atoms with Crippen molar-refractivity contribution in [3.63, 3.8) is 0 Å².